The number of alkyl carbamates (subject to hydrolysis) is 2. The summed E-state index contributed by atoms with van der Waals surface area (Å²) in [6, 6.07) is 16.4. The second-order valence-electron chi connectivity index (χ2n) is 11.2. The first-order valence-corrected chi connectivity index (χ1v) is 12.4. The zero-order chi connectivity index (χ0) is 24.8. The second-order valence-corrected chi connectivity index (χ2v) is 11.2. The lowest BCUT2D eigenvalue weighted by Crippen LogP contribution is -2.70. The summed E-state index contributed by atoms with van der Waals surface area (Å²) in [5.74, 6) is -0.0148. The minimum atomic E-state index is -0.777. The van der Waals surface area contributed by atoms with Crippen LogP contribution in [-0.4, -0.2) is 46.7 Å². The molecule has 0 aliphatic heterocycles. The lowest BCUT2D eigenvalue weighted by atomic mass is 9.60. The molecule has 2 aromatic carbocycles. The van der Waals surface area contributed by atoms with Crippen molar-refractivity contribution in [1.29, 1.82) is 0 Å². The number of ether oxygens (including phenoxy) is 2. The maximum atomic E-state index is 12.9. The fraction of sp³-hybridized carbons (Fsp3) is 0.500. The smallest absolute Gasteiger partial charge is 0.408 e. The zero-order valence-electron chi connectivity index (χ0n) is 20.6. The van der Waals surface area contributed by atoms with Crippen LogP contribution in [-0.2, 0) is 9.47 Å². The van der Waals surface area contributed by atoms with Crippen LogP contribution in [0.1, 0.15) is 69.9 Å². The molecule has 7 nitrogen and oxygen atoms in total. The normalized spacial score (nSPS) is 27.0. The minimum Gasteiger partial charge on any atom is -0.449 e. The molecule has 2 aromatic rings. The Kier molecular flexibility index (Phi) is 5.79. The summed E-state index contributed by atoms with van der Waals surface area (Å²) in [4.78, 5) is 25.3. The van der Waals surface area contributed by atoms with Crippen LogP contribution in [0.3, 0.4) is 0 Å². The number of aliphatic hydroxyl groups is 1. The molecule has 0 spiro atoms. The van der Waals surface area contributed by atoms with Crippen LogP contribution in [0, 0.1) is 0 Å². The van der Waals surface area contributed by atoms with E-state index in [1.54, 1.807) is 0 Å². The minimum absolute atomic E-state index is 0.0148. The third-order valence-corrected chi connectivity index (χ3v) is 7.78. The van der Waals surface area contributed by atoms with E-state index in [2.05, 4.69) is 34.9 Å². The first-order chi connectivity index (χ1) is 16.6. The highest BCUT2D eigenvalue weighted by Gasteiger charge is 2.56. The fourth-order valence-corrected chi connectivity index (χ4v) is 6.02. The summed E-state index contributed by atoms with van der Waals surface area (Å²) >= 11 is 0. The SMILES string of the molecule is CC(C)(C)OC(=O)NC12CCC(NC(=O)OCC3c4ccccc4-c4ccccc43)(CC1)[C@H](O)C2. The largest absolute Gasteiger partial charge is 0.449 e. The van der Waals surface area contributed by atoms with Gasteiger partial charge in [-0.3, -0.25) is 0 Å². The van der Waals surface area contributed by atoms with Crippen molar-refractivity contribution in [2.75, 3.05) is 6.61 Å². The van der Waals surface area contributed by atoms with E-state index in [1.807, 2.05) is 45.0 Å². The third-order valence-electron chi connectivity index (χ3n) is 7.78. The van der Waals surface area contributed by atoms with Gasteiger partial charge in [-0.2, -0.15) is 0 Å². The van der Waals surface area contributed by atoms with Crippen LogP contribution >= 0.6 is 0 Å². The molecule has 2 bridgehead atoms. The molecule has 2 amide bonds. The Labute approximate surface area is 206 Å². The maximum absolute atomic E-state index is 12.9. The molecule has 0 radical (unpaired) electrons. The Morgan fingerprint density at radius 3 is 2.03 bits per heavy atom. The highest BCUT2D eigenvalue weighted by molar-refractivity contribution is 5.79. The van der Waals surface area contributed by atoms with Gasteiger partial charge in [-0.1, -0.05) is 48.5 Å². The van der Waals surface area contributed by atoms with Crippen molar-refractivity contribution in [3.05, 3.63) is 59.7 Å². The molecule has 3 saturated carbocycles. The summed E-state index contributed by atoms with van der Waals surface area (Å²) in [7, 11) is 0. The molecule has 3 N–H and O–H groups in total. The van der Waals surface area contributed by atoms with Gasteiger partial charge in [-0.05, 0) is 75.1 Å². The van der Waals surface area contributed by atoms with Gasteiger partial charge in [-0.15, -0.1) is 0 Å². The van der Waals surface area contributed by atoms with Crippen LogP contribution < -0.4 is 10.6 Å². The van der Waals surface area contributed by atoms with Crippen molar-refractivity contribution in [3.8, 4) is 11.1 Å². The molecule has 4 aliphatic rings. The van der Waals surface area contributed by atoms with Crippen molar-refractivity contribution < 1.29 is 24.2 Å². The number of hydrogen-bond donors (Lipinski definition) is 3. The number of rotatable bonds is 4. The van der Waals surface area contributed by atoms with E-state index in [1.165, 1.54) is 11.1 Å². The highest BCUT2D eigenvalue weighted by atomic mass is 16.6. The van der Waals surface area contributed by atoms with E-state index in [-0.39, 0.29) is 12.5 Å². The topological polar surface area (TPSA) is 96.9 Å². The van der Waals surface area contributed by atoms with E-state index in [4.69, 9.17) is 9.47 Å². The van der Waals surface area contributed by atoms with Crippen LogP contribution in [0.15, 0.2) is 48.5 Å². The number of benzene rings is 2. The monoisotopic (exact) mass is 478 g/mol. The number of fused-ring (bicyclic) bond motifs is 6. The second kappa shape index (κ2) is 8.55. The van der Waals surface area contributed by atoms with E-state index in [0.29, 0.717) is 32.1 Å². The molecule has 35 heavy (non-hydrogen) atoms. The highest BCUT2D eigenvalue weighted by Crippen LogP contribution is 2.48. The predicted octanol–water partition coefficient (Wildman–Crippen LogP) is 4.87. The number of carbonyl (C=O) groups is 2. The van der Waals surface area contributed by atoms with Crippen molar-refractivity contribution in [2.45, 2.75) is 81.6 Å². The first kappa shape index (κ1) is 23.7. The summed E-state index contributed by atoms with van der Waals surface area (Å²) in [6.45, 7) is 5.70. The number of amides is 2. The molecular weight excluding hydrogens is 444 g/mol. The lowest BCUT2D eigenvalue weighted by molar-refractivity contribution is -0.0618. The van der Waals surface area contributed by atoms with E-state index in [9.17, 15) is 14.7 Å². The van der Waals surface area contributed by atoms with Gasteiger partial charge in [0.15, 0.2) is 0 Å². The van der Waals surface area contributed by atoms with Gasteiger partial charge in [0.2, 0.25) is 0 Å². The Morgan fingerprint density at radius 2 is 1.49 bits per heavy atom. The van der Waals surface area contributed by atoms with Gasteiger partial charge in [0.25, 0.3) is 0 Å². The molecule has 7 heteroatoms. The first-order valence-electron chi connectivity index (χ1n) is 12.4. The van der Waals surface area contributed by atoms with E-state index in [0.717, 1.165) is 11.1 Å². The summed E-state index contributed by atoms with van der Waals surface area (Å²) in [6.07, 6.45) is 1.06. The molecule has 1 atom stereocenters. The molecule has 4 aliphatic carbocycles. The van der Waals surface area contributed by atoms with Crippen molar-refractivity contribution >= 4 is 12.2 Å². The van der Waals surface area contributed by atoms with Crippen LogP contribution in [0.25, 0.3) is 11.1 Å². The number of carbonyl (C=O) groups excluding carboxylic acids is 2. The average Bonchev–Trinajstić information content (AvgIpc) is 3.11. The Morgan fingerprint density at radius 1 is 0.914 bits per heavy atom. The number of aliphatic hydroxyl groups excluding tert-OH is 1. The Hall–Kier alpha value is -3.06. The Balaban J connectivity index is 1.21. The van der Waals surface area contributed by atoms with Gasteiger partial charge >= 0.3 is 12.2 Å². The molecule has 0 unspecified atom stereocenters. The number of nitrogens with one attached hydrogen (secondary N) is 2. The maximum Gasteiger partial charge on any atom is 0.408 e. The lowest BCUT2D eigenvalue weighted by Gasteiger charge is -2.55. The molecule has 186 valence electrons. The van der Waals surface area contributed by atoms with Gasteiger partial charge < -0.3 is 25.2 Å². The third kappa shape index (κ3) is 4.49. The van der Waals surface area contributed by atoms with Crippen molar-refractivity contribution in [1.82, 2.24) is 10.6 Å². The molecule has 0 saturated heterocycles. The Bertz CT molecular complexity index is 1080. The molecule has 3 fully saturated rings. The van der Waals surface area contributed by atoms with E-state index >= 15 is 0 Å². The van der Waals surface area contributed by atoms with Gasteiger partial charge in [0.1, 0.15) is 12.2 Å². The van der Waals surface area contributed by atoms with Crippen molar-refractivity contribution in [3.63, 3.8) is 0 Å². The predicted molar refractivity (Wildman–Crippen MR) is 132 cm³/mol. The standard InChI is InChI=1S/C28H34N2O5/c1-26(2,3)35-25(33)29-27-12-14-28(15-13-27,23(31)16-27)30-24(32)34-17-22-20-10-6-4-8-18(20)19-9-5-7-11-21(19)22/h4-11,22-23,31H,12-17H2,1-3H3,(H,29,33)(H,30,32)/t23-,27?,28?/m1/s1. The summed E-state index contributed by atoms with van der Waals surface area (Å²) in [5.41, 5.74) is 2.85. The molecule has 0 aromatic heterocycles. The van der Waals surface area contributed by atoms with Crippen molar-refractivity contribution in [2.24, 2.45) is 0 Å². The summed E-state index contributed by atoms with van der Waals surface area (Å²) < 4.78 is 11.1. The van der Waals surface area contributed by atoms with Gasteiger partial charge in [-0.25, -0.2) is 9.59 Å². The van der Waals surface area contributed by atoms with Gasteiger partial charge in [0, 0.05) is 11.5 Å². The van der Waals surface area contributed by atoms with Crippen LogP contribution in [0.2, 0.25) is 0 Å². The average molecular weight is 479 g/mol. The fourth-order valence-electron chi connectivity index (χ4n) is 6.02. The summed E-state index contributed by atoms with van der Waals surface area (Å²) in [5, 5.41) is 17.0. The molecule has 0 heterocycles. The zero-order valence-corrected chi connectivity index (χ0v) is 20.6. The molecular formula is C28H34N2O5. The van der Waals surface area contributed by atoms with Gasteiger partial charge in [0.05, 0.1) is 11.6 Å². The molecule has 6 rings (SSSR count). The number of hydrogen-bond acceptors (Lipinski definition) is 5. The van der Waals surface area contributed by atoms with Crippen LogP contribution in [0.4, 0.5) is 9.59 Å². The van der Waals surface area contributed by atoms with E-state index < -0.39 is 35.0 Å². The quantitative estimate of drug-likeness (QED) is 0.583. The van der Waals surface area contributed by atoms with Crippen LogP contribution in [0.5, 0.6) is 0 Å².